The number of benzene rings is 1. The van der Waals surface area contributed by atoms with Crippen LogP contribution in [-0.4, -0.2) is 41.6 Å². The lowest BCUT2D eigenvalue weighted by atomic mass is 10.1. The summed E-state index contributed by atoms with van der Waals surface area (Å²) in [5.41, 5.74) is 1.11. The summed E-state index contributed by atoms with van der Waals surface area (Å²) in [5, 5.41) is 4.50. The van der Waals surface area contributed by atoms with Crippen LogP contribution in [0.1, 0.15) is 35.3 Å². The first kappa shape index (κ1) is 18.7. The molecule has 3 rings (SSSR count). The minimum atomic E-state index is 0.279. The van der Waals surface area contributed by atoms with E-state index in [1.165, 1.54) is 4.88 Å². The van der Waals surface area contributed by atoms with E-state index < -0.39 is 0 Å². The van der Waals surface area contributed by atoms with E-state index in [2.05, 4.69) is 36.0 Å². The molecule has 1 aliphatic rings. The van der Waals surface area contributed by atoms with E-state index in [4.69, 9.17) is 9.73 Å². The van der Waals surface area contributed by atoms with Gasteiger partial charge in [-0.15, -0.1) is 11.3 Å². The summed E-state index contributed by atoms with van der Waals surface area (Å²) >= 11 is 1.74. The van der Waals surface area contributed by atoms with Crippen molar-refractivity contribution < 1.29 is 4.74 Å². The van der Waals surface area contributed by atoms with E-state index >= 15 is 0 Å². The predicted molar refractivity (Wildman–Crippen MR) is 108 cm³/mol. The Labute approximate surface area is 160 Å². The Morgan fingerprint density at radius 2 is 2.00 bits per heavy atom. The van der Waals surface area contributed by atoms with Gasteiger partial charge in [-0.25, -0.2) is 9.98 Å². The fourth-order valence-corrected chi connectivity index (χ4v) is 3.91. The zero-order valence-corrected chi connectivity index (χ0v) is 16.7. The summed E-state index contributed by atoms with van der Waals surface area (Å²) in [6.07, 6.45) is 2.30. The average molecular weight is 373 g/mol. The van der Waals surface area contributed by atoms with Crippen LogP contribution in [0.15, 0.2) is 35.3 Å². The molecule has 5 nitrogen and oxygen atoms in total. The summed E-state index contributed by atoms with van der Waals surface area (Å²) in [7, 11) is 0. The number of guanidine groups is 1. The number of ether oxygens (including phenoxy) is 1. The Morgan fingerprint density at radius 3 is 2.62 bits per heavy atom. The molecule has 0 amide bonds. The third-order valence-electron chi connectivity index (χ3n) is 4.56. The summed E-state index contributed by atoms with van der Waals surface area (Å²) < 4.78 is 6.09. The number of hydrogen-bond donors (Lipinski definition) is 1. The topological polar surface area (TPSA) is 49.8 Å². The summed E-state index contributed by atoms with van der Waals surface area (Å²) in [6.45, 7) is 9.71. The van der Waals surface area contributed by atoms with Crippen molar-refractivity contribution in [2.45, 2.75) is 46.3 Å². The van der Waals surface area contributed by atoms with Gasteiger partial charge in [0.05, 0.1) is 12.2 Å². The van der Waals surface area contributed by atoms with E-state index in [-0.39, 0.29) is 6.10 Å². The minimum absolute atomic E-state index is 0.279. The first-order valence-electron chi connectivity index (χ1n) is 9.33. The summed E-state index contributed by atoms with van der Waals surface area (Å²) in [4.78, 5) is 13.0. The fourth-order valence-electron chi connectivity index (χ4n) is 3.05. The van der Waals surface area contributed by atoms with Crippen LogP contribution in [0.5, 0.6) is 5.75 Å². The molecule has 1 saturated heterocycles. The van der Waals surface area contributed by atoms with Crippen LogP contribution in [0.2, 0.25) is 0 Å². The molecule has 26 heavy (non-hydrogen) atoms. The van der Waals surface area contributed by atoms with Crippen LogP contribution in [0, 0.1) is 13.8 Å². The van der Waals surface area contributed by atoms with Crippen molar-refractivity contribution in [3.05, 3.63) is 45.9 Å². The number of nitrogens with one attached hydrogen (secondary N) is 1. The molecule has 0 bridgehead atoms. The molecule has 0 atom stereocenters. The Bertz CT molecular complexity index is 701. The molecular formula is C20H28N4OS. The first-order chi connectivity index (χ1) is 12.7. The van der Waals surface area contributed by atoms with E-state index in [1.807, 2.05) is 30.3 Å². The number of hydrogen-bond acceptors (Lipinski definition) is 4. The summed E-state index contributed by atoms with van der Waals surface area (Å²) in [5.74, 6) is 1.94. The highest BCUT2D eigenvalue weighted by atomic mass is 32.1. The number of piperidine rings is 1. The van der Waals surface area contributed by atoms with Crippen molar-refractivity contribution in [1.82, 2.24) is 15.2 Å². The predicted octanol–water partition coefficient (Wildman–Crippen LogP) is 3.77. The molecule has 0 saturated carbocycles. The van der Waals surface area contributed by atoms with Crippen LogP contribution in [-0.2, 0) is 6.54 Å². The average Bonchev–Trinajstić information content (AvgIpc) is 2.98. The number of rotatable bonds is 5. The zero-order chi connectivity index (χ0) is 18.4. The molecule has 0 unspecified atom stereocenters. The molecule has 1 fully saturated rings. The second-order valence-electron chi connectivity index (χ2n) is 6.54. The van der Waals surface area contributed by atoms with Gasteiger partial charge in [-0.2, -0.15) is 0 Å². The maximum absolute atomic E-state index is 6.09. The van der Waals surface area contributed by atoms with Gasteiger partial charge in [-0.05, 0) is 32.9 Å². The molecule has 0 aliphatic carbocycles. The number of aromatic nitrogens is 1. The van der Waals surface area contributed by atoms with Crippen LogP contribution < -0.4 is 10.1 Å². The number of thiazole rings is 1. The molecule has 6 heteroatoms. The van der Waals surface area contributed by atoms with Crippen molar-refractivity contribution in [2.75, 3.05) is 19.6 Å². The van der Waals surface area contributed by atoms with Crippen LogP contribution in [0.25, 0.3) is 0 Å². The lowest BCUT2D eigenvalue weighted by molar-refractivity contribution is 0.129. The fraction of sp³-hybridized carbons (Fsp3) is 0.500. The molecule has 2 heterocycles. The molecule has 1 aromatic carbocycles. The number of aryl methyl sites for hydroxylation is 2. The lowest BCUT2D eigenvalue weighted by Crippen LogP contribution is -2.47. The molecular weight excluding hydrogens is 344 g/mol. The second-order valence-corrected chi connectivity index (χ2v) is 7.82. The van der Waals surface area contributed by atoms with Crippen LogP contribution >= 0.6 is 11.3 Å². The molecule has 1 N–H and O–H groups in total. The normalized spacial score (nSPS) is 16.0. The molecule has 1 aliphatic heterocycles. The van der Waals surface area contributed by atoms with Gasteiger partial charge in [0.1, 0.15) is 16.9 Å². The standard InChI is InChI=1S/C20H28N4OS/c1-4-21-20(22-14-19-23-15(2)16(3)26-19)24-12-10-18(11-13-24)25-17-8-6-5-7-9-17/h5-9,18H,4,10-14H2,1-3H3,(H,21,22). The highest BCUT2D eigenvalue weighted by molar-refractivity contribution is 7.11. The van der Waals surface area contributed by atoms with Crippen molar-refractivity contribution in [1.29, 1.82) is 0 Å². The quantitative estimate of drug-likeness (QED) is 0.641. The third-order valence-corrected chi connectivity index (χ3v) is 5.62. The van der Waals surface area contributed by atoms with Crippen molar-refractivity contribution >= 4 is 17.3 Å². The minimum Gasteiger partial charge on any atom is -0.490 e. The third kappa shape index (κ3) is 4.97. The van der Waals surface area contributed by atoms with Crippen molar-refractivity contribution in [2.24, 2.45) is 4.99 Å². The van der Waals surface area contributed by atoms with Gasteiger partial charge in [-0.1, -0.05) is 18.2 Å². The highest BCUT2D eigenvalue weighted by Crippen LogP contribution is 2.20. The van der Waals surface area contributed by atoms with E-state index in [0.717, 1.165) is 54.9 Å². The Morgan fingerprint density at radius 1 is 1.27 bits per heavy atom. The largest absolute Gasteiger partial charge is 0.490 e. The lowest BCUT2D eigenvalue weighted by Gasteiger charge is -2.34. The van der Waals surface area contributed by atoms with Gasteiger partial charge >= 0.3 is 0 Å². The van der Waals surface area contributed by atoms with Gasteiger partial charge < -0.3 is 15.0 Å². The Hall–Kier alpha value is -2.08. The van der Waals surface area contributed by atoms with Gasteiger partial charge in [0.2, 0.25) is 0 Å². The molecule has 2 aromatic rings. The van der Waals surface area contributed by atoms with Gasteiger partial charge in [0.15, 0.2) is 5.96 Å². The number of likely N-dealkylation sites (tertiary alicyclic amines) is 1. The highest BCUT2D eigenvalue weighted by Gasteiger charge is 2.22. The van der Waals surface area contributed by atoms with Crippen LogP contribution in [0.4, 0.5) is 0 Å². The zero-order valence-electron chi connectivity index (χ0n) is 15.9. The Balaban J connectivity index is 1.56. The Kier molecular flexibility index (Phi) is 6.50. The number of para-hydroxylation sites is 1. The van der Waals surface area contributed by atoms with Gasteiger partial charge in [0.25, 0.3) is 0 Å². The molecule has 0 radical (unpaired) electrons. The van der Waals surface area contributed by atoms with E-state index in [0.29, 0.717) is 6.54 Å². The van der Waals surface area contributed by atoms with E-state index in [1.54, 1.807) is 11.3 Å². The second kappa shape index (κ2) is 9.03. The van der Waals surface area contributed by atoms with Crippen molar-refractivity contribution in [3.63, 3.8) is 0 Å². The summed E-state index contributed by atoms with van der Waals surface area (Å²) in [6, 6.07) is 10.1. The number of nitrogens with zero attached hydrogens (tertiary/aromatic N) is 3. The van der Waals surface area contributed by atoms with Gasteiger partial charge in [-0.3, -0.25) is 0 Å². The van der Waals surface area contributed by atoms with Gasteiger partial charge in [0, 0.05) is 37.4 Å². The molecule has 0 spiro atoms. The molecule has 140 valence electrons. The van der Waals surface area contributed by atoms with Crippen molar-refractivity contribution in [3.8, 4) is 5.75 Å². The van der Waals surface area contributed by atoms with Crippen LogP contribution in [0.3, 0.4) is 0 Å². The maximum atomic E-state index is 6.09. The van der Waals surface area contributed by atoms with E-state index in [9.17, 15) is 0 Å². The molecule has 1 aromatic heterocycles. The first-order valence-corrected chi connectivity index (χ1v) is 10.1. The SMILES string of the molecule is CCNC(=NCc1nc(C)c(C)s1)N1CCC(Oc2ccccc2)CC1. The smallest absolute Gasteiger partial charge is 0.194 e. The monoisotopic (exact) mass is 372 g/mol. The number of aliphatic imine (C=N–C) groups is 1. The maximum Gasteiger partial charge on any atom is 0.194 e.